The van der Waals surface area contributed by atoms with Gasteiger partial charge in [0.05, 0.1) is 28.3 Å². The van der Waals surface area contributed by atoms with Crippen molar-refractivity contribution in [2.45, 2.75) is 11.5 Å². The molecule has 34 heavy (non-hydrogen) atoms. The molecule has 0 radical (unpaired) electrons. The van der Waals surface area contributed by atoms with Crippen LogP contribution in [-0.4, -0.2) is 29.9 Å². The zero-order valence-electron chi connectivity index (χ0n) is 18.3. The van der Waals surface area contributed by atoms with E-state index in [2.05, 4.69) is 11.7 Å². The minimum atomic E-state index is -4.32. The second-order valence-corrected chi connectivity index (χ2v) is 8.86. The molecule has 9 heteroatoms. The van der Waals surface area contributed by atoms with Crippen LogP contribution in [0, 0.1) is 0 Å². The Kier molecular flexibility index (Phi) is 6.40. The topological polar surface area (TPSA) is 111 Å². The summed E-state index contributed by atoms with van der Waals surface area (Å²) >= 11 is 0. The van der Waals surface area contributed by atoms with Crippen molar-refractivity contribution in [3.63, 3.8) is 0 Å². The highest BCUT2D eigenvalue weighted by Crippen LogP contribution is 2.29. The van der Waals surface area contributed by atoms with Crippen molar-refractivity contribution in [3.8, 4) is 17.2 Å². The Balaban J connectivity index is 1.65. The second kappa shape index (κ2) is 9.42. The Hall–Kier alpha value is -4.08. The summed E-state index contributed by atoms with van der Waals surface area (Å²) in [5.41, 5.74) is 1.76. The van der Waals surface area contributed by atoms with Gasteiger partial charge in [0.15, 0.2) is 11.5 Å². The van der Waals surface area contributed by atoms with Crippen molar-refractivity contribution < 1.29 is 22.4 Å². The van der Waals surface area contributed by atoms with E-state index >= 15 is 0 Å². The zero-order valence-corrected chi connectivity index (χ0v) is 19.1. The van der Waals surface area contributed by atoms with Crippen LogP contribution in [0.5, 0.6) is 11.5 Å². The van der Waals surface area contributed by atoms with Gasteiger partial charge in [0.25, 0.3) is 15.7 Å². The number of nitrogens with zero attached hydrogens (tertiary/aromatic N) is 1. The Morgan fingerprint density at radius 3 is 2.38 bits per heavy atom. The highest BCUT2D eigenvalue weighted by molar-refractivity contribution is 7.85. The Morgan fingerprint density at radius 2 is 1.74 bits per heavy atom. The van der Waals surface area contributed by atoms with E-state index in [0.29, 0.717) is 39.9 Å². The number of rotatable bonds is 7. The first kappa shape index (κ1) is 23.1. The number of aromatic nitrogens is 2. The SMILES string of the molecule is C=c1[nH]n(-c2ccc(S(=O)(=O)O)cc2)c(=O)/c1=C/c1ccc(OCc2ccccc2)c(OC)c1. The molecular weight excluding hydrogens is 456 g/mol. The standard InChI is InChI=1S/C25H22N2O6S/c1-17-22(25(28)27(26-17)20-9-11-21(12-10-20)34(29,30)31)14-19-8-13-23(24(15-19)32-2)33-16-18-6-4-3-5-7-18/h3-15,26H,1,16H2,2H3,(H,29,30,31)/b22-14+. The van der Waals surface area contributed by atoms with Crippen molar-refractivity contribution in [1.29, 1.82) is 0 Å². The molecule has 174 valence electrons. The Bertz CT molecular complexity index is 1590. The molecule has 0 spiro atoms. The first-order chi connectivity index (χ1) is 16.3. The van der Waals surface area contributed by atoms with Crippen molar-refractivity contribution in [3.05, 3.63) is 105 Å². The number of ether oxygens (including phenoxy) is 2. The smallest absolute Gasteiger partial charge is 0.294 e. The van der Waals surface area contributed by atoms with Gasteiger partial charge in [0.2, 0.25) is 0 Å². The fraction of sp³-hybridized carbons (Fsp3) is 0.0800. The monoisotopic (exact) mass is 478 g/mol. The van der Waals surface area contributed by atoms with Crippen LogP contribution in [0.2, 0.25) is 0 Å². The van der Waals surface area contributed by atoms with Crippen molar-refractivity contribution in [1.82, 2.24) is 9.78 Å². The lowest BCUT2D eigenvalue weighted by atomic mass is 10.1. The van der Waals surface area contributed by atoms with Crippen LogP contribution >= 0.6 is 0 Å². The first-order valence-corrected chi connectivity index (χ1v) is 11.6. The van der Waals surface area contributed by atoms with Gasteiger partial charge >= 0.3 is 0 Å². The Labute approximate surface area is 195 Å². The highest BCUT2D eigenvalue weighted by atomic mass is 32.2. The summed E-state index contributed by atoms with van der Waals surface area (Å²) in [5, 5.41) is 3.59. The maximum absolute atomic E-state index is 13.0. The van der Waals surface area contributed by atoms with E-state index < -0.39 is 10.1 Å². The average molecular weight is 479 g/mol. The number of aromatic amines is 1. The normalized spacial score (nSPS) is 12.0. The summed E-state index contributed by atoms with van der Waals surface area (Å²) in [4.78, 5) is 12.7. The van der Waals surface area contributed by atoms with Crippen LogP contribution in [0.25, 0.3) is 18.3 Å². The summed E-state index contributed by atoms with van der Waals surface area (Å²) in [6.45, 7) is 4.30. The van der Waals surface area contributed by atoms with Gasteiger partial charge in [-0.2, -0.15) is 8.42 Å². The molecule has 0 saturated heterocycles. The molecule has 0 unspecified atom stereocenters. The molecule has 8 nitrogen and oxygen atoms in total. The quantitative estimate of drug-likeness (QED) is 0.394. The molecule has 3 aromatic carbocycles. The molecule has 0 saturated carbocycles. The molecule has 0 aliphatic carbocycles. The lowest BCUT2D eigenvalue weighted by Gasteiger charge is -2.11. The summed E-state index contributed by atoms with van der Waals surface area (Å²) in [5.74, 6) is 1.09. The fourth-order valence-corrected chi connectivity index (χ4v) is 3.87. The van der Waals surface area contributed by atoms with Gasteiger partial charge in [0, 0.05) is 0 Å². The molecule has 0 atom stereocenters. The highest BCUT2D eigenvalue weighted by Gasteiger charge is 2.11. The lowest BCUT2D eigenvalue weighted by molar-refractivity contribution is 0.284. The van der Waals surface area contributed by atoms with Crippen molar-refractivity contribution in [2.75, 3.05) is 7.11 Å². The van der Waals surface area contributed by atoms with Gasteiger partial charge in [-0.05, 0) is 53.6 Å². The molecule has 2 N–H and O–H groups in total. The van der Waals surface area contributed by atoms with E-state index in [1.165, 1.54) is 28.9 Å². The van der Waals surface area contributed by atoms with Gasteiger partial charge < -0.3 is 9.47 Å². The number of hydrogen-bond acceptors (Lipinski definition) is 5. The third-order valence-corrected chi connectivity index (χ3v) is 6.00. The summed E-state index contributed by atoms with van der Waals surface area (Å²) in [7, 11) is -2.78. The van der Waals surface area contributed by atoms with Gasteiger partial charge in [-0.3, -0.25) is 14.4 Å². The lowest BCUT2D eigenvalue weighted by Crippen LogP contribution is -2.33. The summed E-state index contributed by atoms with van der Waals surface area (Å²) in [6, 6.07) is 20.3. The zero-order chi connectivity index (χ0) is 24.3. The third kappa shape index (κ3) is 4.95. The second-order valence-electron chi connectivity index (χ2n) is 7.44. The molecule has 4 rings (SSSR count). The number of hydrogen-bond donors (Lipinski definition) is 2. The largest absolute Gasteiger partial charge is 0.493 e. The molecule has 0 aliphatic heterocycles. The molecule has 1 heterocycles. The summed E-state index contributed by atoms with van der Waals surface area (Å²) < 4.78 is 44.2. The van der Waals surface area contributed by atoms with E-state index in [-0.39, 0.29) is 10.5 Å². The maximum Gasteiger partial charge on any atom is 0.294 e. The molecular formula is C25H22N2O6S. The predicted molar refractivity (Wildman–Crippen MR) is 128 cm³/mol. The Morgan fingerprint density at radius 1 is 1.03 bits per heavy atom. The first-order valence-electron chi connectivity index (χ1n) is 10.2. The van der Waals surface area contributed by atoms with E-state index in [1.807, 2.05) is 30.3 Å². The maximum atomic E-state index is 13.0. The van der Waals surface area contributed by atoms with E-state index in [1.54, 1.807) is 31.4 Å². The van der Waals surface area contributed by atoms with E-state index in [4.69, 9.17) is 14.0 Å². The number of H-pyrrole nitrogens is 1. The molecule has 0 fully saturated rings. The van der Waals surface area contributed by atoms with E-state index in [9.17, 15) is 13.2 Å². The molecule has 4 aromatic rings. The van der Waals surface area contributed by atoms with Crippen LogP contribution < -0.4 is 25.6 Å². The third-order valence-electron chi connectivity index (χ3n) is 5.13. The summed E-state index contributed by atoms with van der Waals surface area (Å²) in [6.07, 6.45) is 1.67. The number of benzene rings is 3. The minimum Gasteiger partial charge on any atom is -0.493 e. The van der Waals surface area contributed by atoms with Gasteiger partial charge in [0.1, 0.15) is 6.61 Å². The van der Waals surface area contributed by atoms with Crippen LogP contribution in [-0.2, 0) is 16.7 Å². The average Bonchev–Trinajstić information content (AvgIpc) is 3.11. The number of methoxy groups -OCH3 is 1. The van der Waals surface area contributed by atoms with Crippen LogP contribution in [0.3, 0.4) is 0 Å². The van der Waals surface area contributed by atoms with Crippen molar-refractivity contribution in [2.24, 2.45) is 0 Å². The van der Waals surface area contributed by atoms with Crippen LogP contribution in [0.4, 0.5) is 0 Å². The van der Waals surface area contributed by atoms with Crippen LogP contribution in [0.1, 0.15) is 11.1 Å². The van der Waals surface area contributed by atoms with Gasteiger partial charge in [-0.1, -0.05) is 43.0 Å². The van der Waals surface area contributed by atoms with E-state index in [0.717, 1.165) is 5.56 Å². The molecule has 0 aliphatic rings. The van der Waals surface area contributed by atoms with Crippen LogP contribution in [0.15, 0.2) is 82.5 Å². The predicted octanol–water partition coefficient (Wildman–Crippen LogP) is 2.24. The number of nitrogens with one attached hydrogen (secondary N) is 1. The minimum absolute atomic E-state index is 0.265. The van der Waals surface area contributed by atoms with Gasteiger partial charge in [-0.25, -0.2) is 4.68 Å². The molecule has 0 bridgehead atoms. The van der Waals surface area contributed by atoms with Gasteiger partial charge in [-0.15, -0.1) is 0 Å². The molecule has 0 amide bonds. The fourth-order valence-electron chi connectivity index (χ4n) is 3.39. The molecule has 1 aromatic heterocycles. The van der Waals surface area contributed by atoms with Crippen molar-refractivity contribution >= 4 is 22.8 Å².